The van der Waals surface area contributed by atoms with Gasteiger partial charge in [0.05, 0.1) is 4.92 Å². The van der Waals surface area contributed by atoms with Gasteiger partial charge in [-0.25, -0.2) is 9.97 Å². The normalized spacial score (nSPS) is 14.2. The Labute approximate surface area is 150 Å². The summed E-state index contributed by atoms with van der Waals surface area (Å²) >= 11 is 0. The highest BCUT2D eigenvalue weighted by molar-refractivity contribution is 5.78. The zero-order chi connectivity index (χ0) is 18.5. The Morgan fingerprint density at radius 1 is 1.19 bits per heavy atom. The molecule has 0 aliphatic carbocycles. The minimum Gasteiger partial charge on any atom is -0.484 e. The van der Waals surface area contributed by atoms with Crippen LogP contribution in [0.25, 0.3) is 0 Å². The lowest BCUT2D eigenvalue weighted by atomic mass is 10.3. The van der Waals surface area contributed by atoms with Crippen LogP contribution in [0, 0.1) is 17.0 Å². The molecule has 0 atom stereocenters. The first-order valence-electron chi connectivity index (χ1n) is 8.21. The second kappa shape index (κ2) is 7.77. The molecule has 3 rings (SSSR count). The number of anilines is 1. The molecule has 136 valence electrons. The van der Waals surface area contributed by atoms with Crippen LogP contribution in [0.2, 0.25) is 0 Å². The van der Waals surface area contributed by atoms with Gasteiger partial charge in [-0.1, -0.05) is 0 Å². The van der Waals surface area contributed by atoms with E-state index in [1.165, 1.54) is 24.3 Å². The minimum atomic E-state index is -0.479. The van der Waals surface area contributed by atoms with Gasteiger partial charge in [0.25, 0.3) is 11.6 Å². The number of aromatic nitrogens is 2. The Hall–Kier alpha value is -3.23. The highest BCUT2D eigenvalue weighted by Crippen LogP contribution is 2.18. The van der Waals surface area contributed by atoms with Gasteiger partial charge in [0, 0.05) is 50.1 Å². The van der Waals surface area contributed by atoms with Gasteiger partial charge in [-0.05, 0) is 19.1 Å². The van der Waals surface area contributed by atoms with E-state index in [4.69, 9.17) is 4.74 Å². The Bertz CT molecular complexity index is 788. The molecule has 1 fully saturated rings. The fraction of sp³-hybridized carbons (Fsp3) is 0.353. The van der Waals surface area contributed by atoms with Crippen molar-refractivity contribution in [3.63, 3.8) is 0 Å². The number of rotatable bonds is 5. The van der Waals surface area contributed by atoms with Gasteiger partial charge in [0.2, 0.25) is 0 Å². The number of carbonyl (C=O) groups excluding carboxylic acids is 1. The van der Waals surface area contributed by atoms with Crippen molar-refractivity contribution in [1.82, 2.24) is 14.9 Å². The first kappa shape index (κ1) is 17.6. The van der Waals surface area contributed by atoms with Crippen molar-refractivity contribution in [1.29, 1.82) is 0 Å². The number of non-ortho nitro benzene ring substituents is 1. The van der Waals surface area contributed by atoms with E-state index in [0.717, 1.165) is 11.5 Å². The lowest BCUT2D eigenvalue weighted by Crippen LogP contribution is -2.50. The molecule has 1 aromatic carbocycles. The molecule has 0 spiro atoms. The van der Waals surface area contributed by atoms with E-state index in [0.29, 0.717) is 31.9 Å². The number of hydrogen-bond acceptors (Lipinski definition) is 7. The lowest BCUT2D eigenvalue weighted by Gasteiger charge is -2.35. The molecule has 0 N–H and O–H groups in total. The number of benzene rings is 1. The average molecular weight is 357 g/mol. The van der Waals surface area contributed by atoms with Gasteiger partial charge in [0.15, 0.2) is 6.61 Å². The van der Waals surface area contributed by atoms with Crippen LogP contribution in [0.15, 0.2) is 36.7 Å². The van der Waals surface area contributed by atoms with Crippen LogP contribution in [0.4, 0.5) is 11.5 Å². The second-order valence-corrected chi connectivity index (χ2v) is 5.93. The number of carbonyl (C=O) groups is 1. The van der Waals surface area contributed by atoms with Crippen molar-refractivity contribution in [2.45, 2.75) is 6.92 Å². The second-order valence-electron chi connectivity index (χ2n) is 5.93. The molecule has 1 aliphatic rings. The maximum Gasteiger partial charge on any atom is 0.269 e. The Morgan fingerprint density at radius 2 is 1.88 bits per heavy atom. The molecule has 1 amide bonds. The number of amides is 1. The third-order valence-electron chi connectivity index (χ3n) is 4.16. The number of nitro benzene ring substituents is 1. The standard InChI is InChI=1S/C17H19N5O4/c1-13-10-16(19-12-18-13)20-6-8-21(9-7-20)17(23)11-26-15-4-2-14(3-5-15)22(24)25/h2-5,10,12H,6-9,11H2,1H3. The number of nitrogens with zero attached hydrogens (tertiary/aromatic N) is 5. The van der Waals surface area contributed by atoms with Gasteiger partial charge in [-0.3, -0.25) is 14.9 Å². The monoisotopic (exact) mass is 357 g/mol. The number of piperazine rings is 1. The molecule has 2 heterocycles. The van der Waals surface area contributed by atoms with E-state index < -0.39 is 4.92 Å². The van der Waals surface area contributed by atoms with E-state index in [2.05, 4.69) is 14.9 Å². The predicted molar refractivity (Wildman–Crippen MR) is 94.2 cm³/mol. The molecule has 9 nitrogen and oxygen atoms in total. The third kappa shape index (κ3) is 4.24. The van der Waals surface area contributed by atoms with Crippen molar-refractivity contribution in [3.05, 3.63) is 52.5 Å². The van der Waals surface area contributed by atoms with Crippen molar-refractivity contribution in [3.8, 4) is 5.75 Å². The molecule has 1 aromatic heterocycles. The van der Waals surface area contributed by atoms with E-state index >= 15 is 0 Å². The van der Waals surface area contributed by atoms with Crippen LogP contribution < -0.4 is 9.64 Å². The molecule has 1 saturated heterocycles. The molecule has 0 saturated carbocycles. The van der Waals surface area contributed by atoms with Gasteiger partial charge < -0.3 is 14.5 Å². The summed E-state index contributed by atoms with van der Waals surface area (Å²) < 4.78 is 5.43. The zero-order valence-corrected chi connectivity index (χ0v) is 14.4. The van der Waals surface area contributed by atoms with Crippen molar-refractivity contribution in [2.75, 3.05) is 37.7 Å². The van der Waals surface area contributed by atoms with Crippen LogP contribution in [0.5, 0.6) is 5.75 Å². The van der Waals surface area contributed by atoms with Gasteiger partial charge >= 0.3 is 0 Å². The molecule has 1 aliphatic heterocycles. The van der Waals surface area contributed by atoms with Crippen LogP contribution in [-0.2, 0) is 4.79 Å². The Balaban J connectivity index is 1.48. The van der Waals surface area contributed by atoms with Crippen LogP contribution in [0.3, 0.4) is 0 Å². The minimum absolute atomic E-state index is 0.0141. The number of ether oxygens (including phenoxy) is 1. The average Bonchev–Trinajstić information content (AvgIpc) is 2.66. The van der Waals surface area contributed by atoms with Crippen molar-refractivity contribution < 1.29 is 14.5 Å². The summed E-state index contributed by atoms with van der Waals surface area (Å²) in [5.41, 5.74) is 0.893. The van der Waals surface area contributed by atoms with Crippen LogP contribution in [0.1, 0.15) is 5.69 Å². The van der Waals surface area contributed by atoms with Crippen LogP contribution >= 0.6 is 0 Å². The molecule has 0 unspecified atom stereocenters. The first-order chi connectivity index (χ1) is 12.5. The SMILES string of the molecule is Cc1cc(N2CCN(C(=O)COc3ccc([N+](=O)[O-])cc3)CC2)ncn1. The Morgan fingerprint density at radius 3 is 2.50 bits per heavy atom. The quantitative estimate of drug-likeness (QED) is 0.589. The molecule has 0 bridgehead atoms. The summed E-state index contributed by atoms with van der Waals surface area (Å²) in [6.45, 7) is 4.39. The molecule has 26 heavy (non-hydrogen) atoms. The van der Waals surface area contributed by atoms with E-state index in [-0.39, 0.29) is 18.2 Å². The maximum atomic E-state index is 12.3. The molecule has 9 heteroatoms. The van der Waals surface area contributed by atoms with Gasteiger partial charge in [0.1, 0.15) is 17.9 Å². The summed E-state index contributed by atoms with van der Waals surface area (Å²) in [5, 5.41) is 10.6. The van der Waals surface area contributed by atoms with Crippen molar-refractivity contribution in [2.24, 2.45) is 0 Å². The summed E-state index contributed by atoms with van der Waals surface area (Å²) in [5.74, 6) is 1.19. The first-order valence-corrected chi connectivity index (χ1v) is 8.21. The van der Waals surface area contributed by atoms with E-state index in [9.17, 15) is 14.9 Å². The smallest absolute Gasteiger partial charge is 0.269 e. The summed E-state index contributed by atoms with van der Waals surface area (Å²) in [6, 6.07) is 7.60. The number of aryl methyl sites for hydroxylation is 1. The van der Waals surface area contributed by atoms with E-state index in [1.807, 2.05) is 13.0 Å². The summed E-state index contributed by atoms with van der Waals surface area (Å²) in [4.78, 5) is 34.7. The maximum absolute atomic E-state index is 12.3. The van der Waals surface area contributed by atoms with E-state index in [1.54, 1.807) is 11.2 Å². The molecule has 2 aromatic rings. The highest BCUT2D eigenvalue weighted by atomic mass is 16.6. The fourth-order valence-electron chi connectivity index (χ4n) is 2.70. The molecular formula is C17H19N5O4. The summed E-state index contributed by atoms with van der Waals surface area (Å²) in [7, 11) is 0. The molecular weight excluding hydrogens is 338 g/mol. The predicted octanol–water partition coefficient (Wildman–Crippen LogP) is 1.42. The number of nitro groups is 1. The third-order valence-corrected chi connectivity index (χ3v) is 4.16. The lowest BCUT2D eigenvalue weighted by molar-refractivity contribution is -0.384. The Kier molecular flexibility index (Phi) is 5.26. The topological polar surface area (TPSA) is 102 Å². The zero-order valence-electron chi connectivity index (χ0n) is 14.4. The highest BCUT2D eigenvalue weighted by Gasteiger charge is 2.22. The van der Waals surface area contributed by atoms with Gasteiger partial charge in [-0.15, -0.1) is 0 Å². The largest absolute Gasteiger partial charge is 0.484 e. The molecule has 0 radical (unpaired) electrons. The van der Waals surface area contributed by atoms with Crippen molar-refractivity contribution >= 4 is 17.4 Å². The van der Waals surface area contributed by atoms with Gasteiger partial charge in [-0.2, -0.15) is 0 Å². The fourth-order valence-corrected chi connectivity index (χ4v) is 2.70. The van der Waals surface area contributed by atoms with Crippen LogP contribution in [-0.4, -0.2) is 58.5 Å². The number of hydrogen-bond donors (Lipinski definition) is 0. The summed E-state index contributed by atoms with van der Waals surface area (Å²) in [6.07, 6.45) is 1.54.